The van der Waals surface area contributed by atoms with Gasteiger partial charge in [0.15, 0.2) is 11.6 Å². The van der Waals surface area contributed by atoms with Crippen LogP contribution in [-0.2, 0) is 0 Å². The number of aromatic nitrogens is 3. The molecule has 1 N–H and O–H groups in total. The third-order valence-electron chi connectivity index (χ3n) is 9.58. The second-order valence-corrected chi connectivity index (χ2v) is 13.4. The van der Waals surface area contributed by atoms with E-state index in [1.165, 1.54) is 57.8 Å². The van der Waals surface area contributed by atoms with Crippen LogP contribution in [0.25, 0.3) is 44.3 Å². The van der Waals surface area contributed by atoms with Gasteiger partial charge in [-0.15, -0.1) is 0 Å². The highest BCUT2D eigenvalue weighted by Gasteiger charge is 2.19. The summed E-state index contributed by atoms with van der Waals surface area (Å²) in [5.41, 5.74) is 1.44. The van der Waals surface area contributed by atoms with E-state index in [1.807, 2.05) is 36.4 Å². The summed E-state index contributed by atoms with van der Waals surface area (Å²) in [6.07, 6.45) is 17.3. The first-order valence-corrected chi connectivity index (χ1v) is 18.9. The number of aromatic hydroxyl groups is 1. The molecule has 0 fully saturated rings. The Bertz CT molecular complexity index is 1700. The monoisotopic (exact) mass is 661 g/mol. The summed E-state index contributed by atoms with van der Waals surface area (Å²) in [6.45, 7) is 7.85. The van der Waals surface area contributed by atoms with Crippen molar-refractivity contribution in [2.24, 2.45) is 5.92 Å². The molecular weight excluding hydrogens is 606 g/mol. The fourth-order valence-corrected chi connectivity index (χ4v) is 6.57. The number of rotatable bonds is 21. The van der Waals surface area contributed by atoms with Crippen LogP contribution in [-0.4, -0.2) is 33.3 Å². The molecule has 4 aromatic carbocycles. The van der Waals surface area contributed by atoms with Crippen LogP contribution in [0.2, 0.25) is 0 Å². The van der Waals surface area contributed by atoms with E-state index in [9.17, 15) is 5.11 Å². The Hall–Kier alpha value is -4.19. The molecule has 6 heteroatoms. The Labute approximate surface area is 293 Å². The molecule has 0 spiro atoms. The second-order valence-electron chi connectivity index (χ2n) is 13.4. The van der Waals surface area contributed by atoms with Crippen LogP contribution in [0.1, 0.15) is 111 Å². The molecule has 0 amide bonds. The minimum atomic E-state index is 0.0702. The minimum absolute atomic E-state index is 0.0702. The van der Waals surface area contributed by atoms with Crippen molar-refractivity contribution in [3.8, 4) is 40.3 Å². The Morgan fingerprint density at radius 2 is 1.22 bits per heavy atom. The molecule has 0 saturated carbocycles. The zero-order valence-corrected chi connectivity index (χ0v) is 29.9. The molecule has 0 aliphatic carbocycles. The molecule has 49 heavy (non-hydrogen) atoms. The Balaban J connectivity index is 1.36. The van der Waals surface area contributed by atoms with Gasteiger partial charge in [0, 0.05) is 11.6 Å². The number of unbranched alkanes of at least 4 members (excludes halogenated alkanes) is 10. The molecule has 1 unspecified atom stereocenters. The number of benzene rings is 4. The van der Waals surface area contributed by atoms with E-state index in [1.54, 1.807) is 6.07 Å². The first-order chi connectivity index (χ1) is 24.1. The lowest BCUT2D eigenvalue weighted by Crippen LogP contribution is -2.13. The smallest absolute Gasteiger partial charge is 0.320 e. The third kappa shape index (κ3) is 10.2. The van der Waals surface area contributed by atoms with Gasteiger partial charge < -0.3 is 14.6 Å². The number of phenolic OH excluding ortho intramolecular Hbond substituents is 1. The van der Waals surface area contributed by atoms with E-state index in [4.69, 9.17) is 24.4 Å². The number of nitrogens with zero attached hydrogens (tertiary/aromatic N) is 3. The van der Waals surface area contributed by atoms with E-state index in [-0.39, 0.29) is 11.8 Å². The number of hydrogen-bond donors (Lipinski definition) is 1. The summed E-state index contributed by atoms with van der Waals surface area (Å²) < 4.78 is 12.4. The van der Waals surface area contributed by atoms with Gasteiger partial charge in [0.05, 0.1) is 18.8 Å². The van der Waals surface area contributed by atoms with Crippen LogP contribution in [0.15, 0.2) is 72.8 Å². The molecule has 0 radical (unpaired) electrons. The SMILES string of the molecule is CCCCCCCCCCCCOc1ccc(-c2nc(OCC(CC)CCCC)nc(-c3c4ccccc4cc4ccccc34)n2)c(O)c1. The maximum Gasteiger partial charge on any atom is 0.320 e. The quantitative estimate of drug-likeness (QED) is 0.0623. The molecular formula is C43H55N3O3. The van der Waals surface area contributed by atoms with Crippen LogP contribution in [0.3, 0.4) is 0 Å². The topological polar surface area (TPSA) is 77.4 Å². The largest absolute Gasteiger partial charge is 0.507 e. The molecule has 0 bridgehead atoms. The third-order valence-corrected chi connectivity index (χ3v) is 9.58. The Kier molecular flexibility index (Phi) is 14.1. The fourth-order valence-electron chi connectivity index (χ4n) is 6.57. The molecule has 0 saturated heterocycles. The van der Waals surface area contributed by atoms with E-state index >= 15 is 0 Å². The number of hydrogen-bond acceptors (Lipinski definition) is 6. The van der Waals surface area contributed by atoms with Crippen molar-refractivity contribution in [2.45, 2.75) is 111 Å². The van der Waals surface area contributed by atoms with Crippen molar-refractivity contribution >= 4 is 21.5 Å². The van der Waals surface area contributed by atoms with E-state index in [0.717, 1.165) is 59.2 Å². The standard InChI is InChI=1S/C43H55N3O3/c1-4-7-9-10-11-12-13-14-15-20-28-48-35-26-27-38(39(47)30-35)41-44-42(46-43(45-41)49-31-32(6-3)21-8-5-2)40-36-24-18-16-22-33(36)29-34-23-17-19-25-37(34)40/h16-19,22-27,29-30,32,47H,4-15,20-21,28,31H2,1-3H3. The van der Waals surface area contributed by atoms with Gasteiger partial charge in [0.25, 0.3) is 0 Å². The van der Waals surface area contributed by atoms with Crippen molar-refractivity contribution in [3.05, 3.63) is 72.8 Å². The van der Waals surface area contributed by atoms with E-state index in [2.05, 4.69) is 51.1 Å². The van der Waals surface area contributed by atoms with Crippen LogP contribution < -0.4 is 9.47 Å². The number of fused-ring (bicyclic) bond motifs is 2. The Morgan fingerprint density at radius 1 is 0.612 bits per heavy atom. The van der Waals surface area contributed by atoms with Gasteiger partial charge in [-0.1, -0.05) is 146 Å². The summed E-state index contributed by atoms with van der Waals surface area (Å²) in [5.74, 6) is 2.03. The maximum absolute atomic E-state index is 11.2. The van der Waals surface area contributed by atoms with Crippen molar-refractivity contribution in [3.63, 3.8) is 0 Å². The lowest BCUT2D eigenvalue weighted by molar-refractivity contribution is 0.217. The van der Waals surface area contributed by atoms with Crippen molar-refractivity contribution < 1.29 is 14.6 Å². The molecule has 5 aromatic rings. The first-order valence-electron chi connectivity index (χ1n) is 18.9. The minimum Gasteiger partial charge on any atom is -0.507 e. The molecule has 6 nitrogen and oxygen atoms in total. The second kappa shape index (κ2) is 19.1. The van der Waals surface area contributed by atoms with Gasteiger partial charge in [-0.05, 0) is 58.5 Å². The van der Waals surface area contributed by atoms with Crippen LogP contribution in [0, 0.1) is 5.92 Å². The van der Waals surface area contributed by atoms with Crippen LogP contribution in [0.5, 0.6) is 17.5 Å². The van der Waals surface area contributed by atoms with Gasteiger partial charge in [-0.2, -0.15) is 9.97 Å². The zero-order valence-electron chi connectivity index (χ0n) is 29.9. The van der Waals surface area contributed by atoms with E-state index < -0.39 is 0 Å². The van der Waals surface area contributed by atoms with Crippen molar-refractivity contribution in [1.82, 2.24) is 15.0 Å². The predicted octanol–water partition coefficient (Wildman–Crippen LogP) is 12.1. The summed E-state index contributed by atoms with van der Waals surface area (Å²) in [4.78, 5) is 14.6. The Morgan fingerprint density at radius 3 is 1.86 bits per heavy atom. The molecule has 0 aliphatic heterocycles. The summed E-state index contributed by atoms with van der Waals surface area (Å²) in [5, 5.41) is 15.6. The van der Waals surface area contributed by atoms with Gasteiger partial charge in [-0.25, -0.2) is 4.98 Å². The van der Waals surface area contributed by atoms with Gasteiger partial charge in [0.1, 0.15) is 11.5 Å². The maximum atomic E-state index is 11.2. The highest BCUT2D eigenvalue weighted by molar-refractivity contribution is 6.11. The lowest BCUT2D eigenvalue weighted by Gasteiger charge is -2.16. The predicted molar refractivity (Wildman–Crippen MR) is 204 cm³/mol. The highest BCUT2D eigenvalue weighted by Crippen LogP contribution is 2.37. The summed E-state index contributed by atoms with van der Waals surface area (Å²) >= 11 is 0. The average molecular weight is 662 g/mol. The van der Waals surface area contributed by atoms with Gasteiger partial charge in [0.2, 0.25) is 0 Å². The van der Waals surface area contributed by atoms with E-state index in [0.29, 0.717) is 42.1 Å². The normalized spacial score (nSPS) is 12.1. The van der Waals surface area contributed by atoms with Crippen molar-refractivity contribution in [1.29, 1.82) is 0 Å². The van der Waals surface area contributed by atoms with Crippen molar-refractivity contribution in [2.75, 3.05) is 13.2 Å². The number of ether oxygens (including phenoxy) is 2. The first kappa shape index (κ1) is 36.1. The van der Waals surface area contributed by atoms with Gasteiger partial charge in [-0.3, -0.25) is 0 Å². The average Bonchev–Trinajstić information content (AvgIpc) is 3.12. The molecule has 1 atom stereocenters. The molecule has 0 aliphatic rings. The number of phenols is 1. The lowest BCUT2D eigenvalue weighted by atomic mass is 9.96. The summed E-state index contributed by atoms with van der Waals surface area (Å²) in [6, 6.07) is 24.5. The molecule has 260 valence electrons. The zero-order chi connectivity index (χ0) is 34.3. The van der Waals surface area contributed by atoms with Crippen LogP contribution >= 0.6 is 0 Å². The fraction of sp³-hybridized carbons (Fsp3) is 0.465. The molecule has 1 heterocycles. The highest BCUT2D eigenvalue weighted by atomic mass is 16.5. The molecule has 5 rings (SSSR count). The summed E-state index contributed by atoms with van der Waals surface area (Å²) in [7, 11) is 0. The van der Waals surface area contributed by atoms with Crippen LogP contribution in [0.4, 0.5) is 0 Å². The van der Waals surface area contributed by atoms with Gasteiger partial charge >= 0.3 is 6.01 Å². The molecule has 1 aromatic heterocycles.